The van der Waals surface area contributed by atoms with Gasteiger partial charge in [-0.25, -0.2) is 10.1 Å². The quantitative estimate of drug-likeness (QED) is 0.553. The number of carbonyl (C=O) groups is 2. The van der Waals surface area contributed by atoms with E-state index >= 15 is 0 Å². The molecule has 0 aliphatic heterocycles. The van der Waals surface area contributed by atoms with E-state index in [9.17, 15) is 9.59 Å². The van der Waals surface area contributed by atoms with Crippen LogP contribution >= 0.6 is 0 Å². The van der Waals surface area contributed by atoms with E-state index in [4.69, 9.17) is 10.2 Å². The van der Waals surface area contributed by atoms with Gasteiger partial charge in [-0.2, -0.15) is 0 Å². The van der Waals surface area contributed by atoms with E-state index in [1.807, 2.05) is 0 Å². The summed E-state index contributed by atoms with van der Waals surface area (Å²) in [6, 6.07) is 0. The largest absolute Gasteiger partial charge is 0.481 e. The predicted octanol–water partition coefficient (Wildman–Crippen LogP) is -0.257. The van der Waals surface area contributed by atoms with Gasteiger partial charge in [0.05, 0.1) is 13.0 Å². The molecule has 0 spiro atoms. The Morgan fingerprint density at radius 1 is 1.33 bits per heavy atom. The van der Waals surface area contributed by atoms with E-state index in [0.717, 1.165) is 0 Å². The van der Waals surface area contributed by atoms with E-state index in [1.165, 1.54) is 0 Å². The lowest BCUT2D eigenvalue weighted by Crippen LogP contribution is -2.16. The minimum absolute atomic E-state index is 0.162. The molecular weight excluding hydrogens is 126 g/mol. The van der Waals surface area contributed by atoms with Crippen molar-refractivity contribution >= 4 is 12.1 Å². The van der Waals surface area contributed by atoms with E-state index in [-0.39, 0.29) is 13.0 Å². The Kier molecular flexibility index (Phi) is 3.19. The highest BCUT2D eigenvalue weighted by Gasteiger charge is 1.99. The highest BCUT2D eigenvalue weighted by molar-refractivity contribution is 5.69. The zero-order valence-electron chi connectivity index (χ0n) is 4.57. The van der Waals surface area contributed by atoms with Crippen LogP contribution in [0.4, 0.5) is 4.79 Å². The van der Waals surface area contributed by atoms with Gasteiger partial charge in [0.25, 0.3) is 0 Å². The smallest absolute Gasteiger partial charge is 0.426 e. The van der Waals surface area contributed by atoms with Crippen molar-refractivity contribution in [2.24, 2.45) is 0 Å². The molecule has 1 radical (unpaired) electrons. The molecule has 1 amide bonds. The number of nitrogens with zero attached hydrogens (tertiary/aromatic N) is 1. The van der Waals surface area contributed by atoms with Crippen molar-refractivity contribution in [2.45, 2.75) is 6.42 Å². The first-order valence-electron chi connectivity index (χ1n) is 2.25. The van der Waals surface area contributed by atoms with E-state index in [0.29, 0.717) is 0 Å². The number of amides is 1. The number of hydrogen-bond donors (Lipinski definition) is 2. The average molecular weight is 132 g/mol. The standard InChI is InChI=1S/C4H6NO4/c6-3(7)1-2-5-4(8)9/h1-2H2,(H,6,7)(H,8,9). The molecule has 9 heavy (non-hydrogen) atoms. The predicted molar refractivity (Wildman–Crippen MR) is 27.3 cm³/mol. The molecule has 0 aliphatic carbocycles. The van der Waals surface area contributed by atoms with Crippen LogP contribution in [0.5, 0.6) is 0 Å². The second-order valence-electron chi connectivity index (χ2n) is 1.31. The summed E-state index contributed by atoms with van der Waals surface area (Å²) >= 11 is 0. The Labute approximate surface area is 51.3 Å². The second kappa shape index (κ2) is 3.71. The molecule has 0 aromatic heterocycles. The van der Waals surface area contributed by atoms with Gasteiger partial charge >= 0.3 is 12.1 Å². The molecule has 5 nitrogen and oxygen atoms in total. The molecule has 51 valence electrons. The Morgan fingerprint density at radius 3 is 2.22 bits per heavy atom. The fraction of sp³-hybridized carbons (Fsp3) is 0.500. The van der Waals surface area contributed by atoms with Crippen molar-refractivity contribution in [3.05, 3.63) is 0 Å². The summed E-state index contributed by atoms with van der Waals surface area (Å²) in [5.41, 5.74) is 0. The van der Waals surface area contributed by atoms with Crippen LogP contribution in [0.2, 0.25) is 0 Å². The van der Waals surface area contributed by atoms with E-state index in [1.54, 1.807) is 0 Å². The fourth-order valence-corrected chi connectivity index (χ4v) is 0.247. The lowest BCUT2D eigenvalue weighted by Gasteiger charge is -1.90. The van der Waals surface area contributed by atoms with Crippen molar-refractivity contribution in [3.63, 3.8) is 0 Å². The summed E-state index contributed by atoms with van der Waals surface area (Å²) in [4.78, 5) is 19.3. The minimum atomic E-state index is -1.32. The summed E-state index contributed by atoms with van der Waals surface area (Å²) in [6.07, 6.45) is -1.55. The average Bonchev–Trinajstić information content (AvgIpc) is 1.63. The monoisotopic (exact) mass is 132 g/mol. The molecule has 0 bridgehead atoms. The second-order valence-corrected chi connectivity index (χ2v) is 1.31. The van der Waals surface area contributed by atoms with Gasteiger partial charge in [-0.05, 0) is 0 Å². The molecular formula is C4H6NO4. The van der Waals surface area contributed by atoms with Crippen LogP contribution in [0, 0.1) is 0 Å². The summed E-state index contributed by atoms with van der Waals surface area (Å²) < 4.78 is 0. The molecule has 0 saturated heterocycles. The number of carboxylic acids is 1. The van der Waals surface area contributed by atoms with Gasteiger partial charge in [0.1, 0.15) is 0 Å². The molecule has 0 rings (SSSR count). The third-order valence-corrected chi connectivity index (χ3v) is 0.573. The van der Waals surface area contributed by atoms with E-state index < -0.39 is 12.1 Å². The first kappa shape index (κ1) is 7.74. The first-order chi connectivity index (χ1) is 4.13. The summed E-state index contributed by atoms with van der Waals surface area (Å²) in [5.74, 6) is -1.04. The Morgan fingerprint density at radius 2 is 1.89 bits per heavy atom. The zero-order valence-corrected chi connectivity index (χ0v) is 4.57. The van der Waals surface area contributed by atoms with Crippen molar-refractivity contribution in [3.8, 4) is 0 Å². The maximum Gasteiger partial charge on any atom is 0.426 e. The van der Waals surface area contributed by atoms with Crippen LogP contribution in [0.1, 0.15) is 6.42 Å². The lowest BCUT2D eigenvalue weighted by atomic mass is 10.4. The van der Waals surface area contributed by atoms with Crippen LogP contribution in [0.15, 0.2) is 0 Å². The van der Waals surface area contributed by atoms with Crippen LogP contribution in [-0.4, -0.2) is 28.8 Å². The van der Waals surface area contributed by atoms with Gasteiger partial charge in [-0.3, -0.25) is 4.79 Å². The third kappa shape index (κ3) is 6.74. The molecule has 0 unspecified atom stereocenters. The van der Waals surface area contributed by atoms with Crippen molar-refractivity contribution in [1.82, 2.24) is 5.32 Å². The topological polar surface area (TPSA) is 88.7 Å². The van der Waals surface area contributed by atoms with Crippen LogP contribution < -0.4 is 5.32 Å². The molecule has 0 aromatic rings. The molecule has 0 fully saturated rings. The van der Waals surface area contributed by atoms with Crippen molar-refractivity contribution in [1.29, 1.82) is 0 Å². The highest BCUT2D eigenvalue weighted by atomic mass is 16.4. The summed E-state index contributed by atoms with van der Waals surface area (Å²) in [5, 5.41) is 18.7. The molecule has 2 N–H and O–H groups in total. The molecule has 0 heterocycles. The van der Waals surface area contributed by atoms with Gasteiger partial charge in [0, 0.05) is 0 Å². The van der Waals surface area contributed by atoms with E-state index in [2.05, 4.69) is 5.32 Å². The van der Waals surface area contributed by atoms with Gasteiger partial charge in [-0.15, -0.1) is 0 Å². The Hall–Kier alpha value is -1.26. The van der Waals surface area contributed by atoms with Crippen molar-refractivity contribution < 1.29 is 19.8 Å². The minimum Gasteiger partial charge on any atom is -0.481 e. The number of hydrogen-bond acceptors (Lipinski definition) is 2. The van der Waals surface area contributed by atoms with Gasteiger partial charge < -0.3 is 10.2 Å². The number of rotatable bonds is 3. The molecule has 0 saturated carbocycles. The zero-order chi connectivity index (χ0) is 7.28. The maximum atomic E-state index is 9.73. The van der Waals surface area contributed by atoms with Gasteiger partial charge in [0.2, 0.25) is 0 Å². The summed E-state index contributed by atoms with van der Waals surface area (Å²) in [6.45, 7) is -0.162. The molecule has 0 atom stereocenters. The van der Waals surface area contributed by atoms with Crippen molar-refractivity contribution in [2.75, 3.05) is 6.54 Å². The Bertz CT molecular complexity index is 108. The summed E-state index contributed by atoms with van der Waals surface area (Å²) in [7, 11) is 0. The Balaban J connectivity index is 3.10. The first-order valence-corrected chi connectivity index (χ1v) is 2.25. The van der Waals surface area contributed by atoms with Crippen LogP contribution in [-0.2, 0) is 4.79 Å². The van der Waals surface area contributed by atoms with Gasteiger partial charge in [0.15, 0.2) is 0 Å². The molecule has 0 aliphatic rings. The van der Waals surface area contributed by atoms with Crippen LogP contribution in [0.3, 0.4) is 0 Å². The number of aliphatic carboxylic acids is 1. The molecule has 5 heteroatoms. The lowest BCUT2D eigenvalue weighted by molar-refractivity contribution is -0.136. The van der Waals surface area contributed by atoms with Crippen LogP contribution in [0.25, 0.3) is 0 Å². The SMILES string of the molecule is O=C(O)CC[N]C(=O)O. The highest BCUT2D eigenvalue weighted by Crippen LogP contribution is 1.75. The normalized spacial score (nSPS) is 8.44. The maximum absolute atomic E-state index is 9.73. The molecule has 0 aromatic carbocycles. The number of carboxylic acid groups (broad SMARTS) is 2. The van der Waals surface area contributed by atoms with Gasteiger partial charge in [-0.1, -0.05) is 0 Å². The third-order valence-electron chi connectivity index (χ3n) is 0.573. The fourth-order valence-electron chi connectivity index (χ4n) is 0.247.